The van der Waals surface area contributed by atoms with Crippen LogP contribution in [0.15, 0.2) is 57.8 Å². The molecule has 0 saturated carbocycles. The molecule has 0 bridgehead atoms. The first kappa shape index (κ1) is 20.3. The molecule has 31 heavy (non-hydrogen) atoms. The number of amides is 2. The van der Waals surface area contributed by atoms with Crippen molar-refractivity contribution in [3.05, 3.63) is 59.1 Å². The summed E-state index contributed by atoms with van der Waals surface area (Å²) in [6.45, 7) is 0.453. The van der Waals surface area contributed by atoms with Crippen molar-refractivity contribution < 1.29 is 24.0 Å². The second kappa shape index (κ2) is 8.42. The van der Waals surface area contributed by atoms with Gasteiger partial charge in [-0.15, -0.1) is 0 Å². The summed E-state index contributed by atoms with van der Waals surface area (Å²) in [6.07, 6.45) is -3.05. The Labute approximate surface area is 175 Å². The van der Waals surface area contributed by atoms with E-state index in [2.05, 4.69) is 20.0 Å². The first-order valence-electron chi connectivity index (χ1n) is 9.36. The number of hydrogen-bond donors (Lipinski definition) is 4. The number of nitrogens with zero attached hydrogens (tertiary/aromatic N) is 2. The summed E-state index contributed by atoms with van der Waals surface area (Å²) in [7, 11) is 0. The van der Waals surface area contributed by atoms with Gasteiger partial charge in [0.1, 0.15) is 0 Å². The molecule has 4 rings (SSSR count). The largest absolute Gasteiger partial charge is 0.439 e. The van der Waals surface area contributed by atoms with E-state index in [4.69, 9.17) is 10.5 Å². The fraction of sp³-hybridized carbons (Fsp3) is 0.200. The lowest BCUT2D eigenvalue weighted by Gasteiger charge is -2.34. The van der Waals surface area contributed by atoms with E-state index in [0.29, 0.717) is 29.2 Å². The van der Waals surface area contributed by atoms with Crippen molar-refractivity contribution in [2.75, 3.05) is 29.1 Å². The minimum absolute atomic E-state index is 0.162. The molecule has 160 valence electrons. The molecule has 1 aromatic heterocycles. The highest BCUT2D eigenvalue weighted by Crippen LogP contribution is 2.22. The van der Waals surface area contributed by atoms with Crippen LogP contribution < -0.4 is 21.7 Å². The van der Waals surface area contributed by atoms with Gasteiger partial charge in [-0.05, 0) is 48.5 Å². The molecule has 0 spiro atoms. The van der Waals surface area contributed by atoms with E-state index in [-0.39, 0.29) is 12.4 Å². The summed E-state index contributed by atoms with van der Waals surface area (Å²) in [4.78, 5) is 40.2. The maximum atomic E-state index is 12.8. The van der Waals surface area contributed by atoms with E-state index in [1.807, 2.05) is 0 Å². The van der Waals surface area contributed by atoms with Crippen LogP contribution in [-0.2, 0) is 14.3 Å². The number of nitrogens with two attached hydrogens (primary N) is 1. The number of aliphatic hydroxyl groups is 1. The van der Waals surface area contributed by atoms with Gasteiger partial charge in [0.2, 0.25) is 0 Å². The summed E-state index contributed by atoms with van der Waals surface area (Å²) in [5.74, 6) is -1.75. The Morgan fingerprint density at radius 3 is 2.55 bits per heavy atom. The number of anilines is 3. The average Bonchev–Trinajstić information content (AvgIpc) is 3.21. The van der Waals surface area contributed by atoms with Gasteiger partial charge in [0.25, 0.3) is 11.8 Å². The molecule has 1 saturated heterocycles. The van der Waals surface area contributed by atoms with Crippen LogP contribution in [0.25, 0.3) is 11.4 Å². The molecule has 1 aliphatic rings. The lowest BCUT2D eigenvalue weighted by Crippen LogP contribution is -2.55. The monoisotopic (exact) mass is 425 g/mol. The van der Waals surface area contributed by atoms with E-state index in [1.165, 1.54) is 4.90 Å². The Morgan fingerprint density at radius 2 is 1.90 bits per heavy atom. The molecular weight excluding hydrogens is 406 g/mol. The van der Waals surface area contributed by atoms with Crippen molar-refractivity contribution in [2.45, 2.75) is 12.2 Å². The lowest BCUT2D eigenvalue weighted by molar-refractivity contribution is -0.150. The predicted octanol–water partition coefficient (Wildman–Crippen LogP) is 0.343. The highest BCUT2D eigenvalue weighted by atomic mass is 16.5. The number of carbonyl (C=O) groups excluding carboxylic acids is 2. The van der Waals surface area contributed by atoms with Gasteiger partial charge in [0, 0.05) is 29.2 Å². The van der Waals surface area contributed by atoms with Gasteiger partial charge < -0.3 is 25.8 Å². The molecule has 2 aromatic carbocycles. The molecule has 1 fully saturated rings. The first-order chi connectivity index (χ1) is 14.9. The van der Waals surface area contributed by atoms with Gasteiger partial charge in [-0.25, -0.2) is 4.79 Å². The number of benzene rings is 2. The van der Waals surface area contributed by atoms with Gasteiger partial charge in [-0.3, -0.25) is 19.1 Å². The first-order valence-corrected chi connectivity index (χ1v) is 9.36. The van der Waals surface area contributed by atoms with Gasteiger partial charge >= 0.3 is 5.76 Å². The van der Waals surface area contributed by atoms with Crippen LogP contribution in [-0.4, -0.2) is 52.4 Å². The van der Waals surface area contributed by atoms with Crippen molar-refractivity contribution in [3.8, 4) is 11.4 Å². The maximum absolute atomic E-state index is 12.8. The number of aliphatic hydroxyl groups excluding tert-OH is 1. The Kier molecular flexibility index (Phi) is 5.52. The fourth-order valence-corrected chi connectivity index (χ4v) is 3.16. The topological polar surface area (TPSA) is 164 Å². The van der Waals surface area contributed by atoms with Crippen LogP contribution in [0.3, 0.4) is 0 Å². The molecule has 11 nitrogen and oxygen atoms in total. The van der Waals surface area contributed by atoms with Crippen molar-refractivity contribution in [3.63, 3.8) is 0 Å². The second-order valence-corrected chi connectivity index (χ2v) is 6.83. The quantitative estimate of drug-likeness (QED) is 0.425. The number of rotatable bonds is 5. The van der Waals surface area contributed by atoms with Crippen LogP contribution >= 0.6 is 0 Å². The Morgan fingerprint density at radius 1 is 1.19 bits per heavy atom. The Bertz CT molecular complexity index is 1140. The zero-order valence-corrected chi connectivity index (χ0v) is 16.1. The molecule has 0 radical (unpaired) electrons. The molecule has 1 aliphatic heterocycles. The highest BCUT2D eigenvalue weighted by molar-refractivity contribution is 6.03. The van der Waals surface area contributed by atoms with Gasteiger partial charge in [-0.1, -0.05) is 5.16 Å². The van der Waals surface area contributed by atoms with Crippen LogP contribution in [0.1, 0.15) is 0 Å². The smallest absolute Gasteiger partial charge is 0.399 e. The van der Waals surface area contributed by atoms with E-state index < -0.39 is 29.8 Å². The number of nitrogens with one attached hydrogen (secondary N) is 2. The van der Waals surface area contributed by atoms with Crippen molar-refractivity contribution in [1.82, 2.24) is 10.1 Å². The number of nitrogen functional groups attached to an aromatic ring is 1. The lowest BCUT2D eigenvalue weighted by atomic mass is 10.1. The number of carbonyl (C=O) groups is 2. The summed E-state index contributed by atoms with van der Waals surface area (Å²) in [5, 5.41) is 16.6. The third kappa shape index (κ3) is 4.32. The Hall–Kier alpha value is -3.96. The summed E-state index contributed by atoms with van der Waals surface area (Å²) < 4.78 is 9.84. The zero-order chi connectivity index (χ0) is 22.0. The molecule has 5 N–H and O–H groups in total. The molecule has 2 atom stereocenters. The number of hydrogen-bond acceptors (Lipinski definition) is 8. The third-order valence-corrected chi connectivity index (χ3v) is 4.75. The SMILES string of the molecule is Nc1ccc(N2CCO[C@H]([C@@H](O)C(=O)Nc3ccc(-c4noc(=O)[nH]4)cc3)C2=O)cc1. The van der Waals surface area contributed by atoms with Crippen molar-refractivity contribution in [2.24, 2.45) is 0 Å². The van der Waals surface area contributed by atoms with Gasteiger partial charge in [-0.2, -0.15) is 0 Å². The highest BCUT2D eigenvalue weighted by Gasteiger charge is 2.39. The fourth-order valence-electron chi connectivity index (χ4n) is 3.16. The summed E-state index contributed by atoms with van der Waals surface area (Å²) in [6, 6.07) is 13.0. The standard InChI is InChI=1S/C20H19N5O6/c21-12-3-7-14(8-4-12)25-9-10-30-16(19(25)28)15(26)18(27)22-13-5-1-11(2-6-13)17-23-20(29)31-24-17/h1-8,15-16,26H,9-10,21H2,(H,22,27)(H,23,24,29)/t15-,16-/m1/s1. The van der Waals surface area contributed by atoms with Crippen molar-refractivity contribution in [1.29, 1.82) is 0 Å². The minimum atomic E-state index is -1.71. The zero-order valence-electron chi connectivity index (χ0n) is 16.1. The predicted molar refractivity (Wildman–Crippen MR) is 110 cm³/mol. The van der Waals surface area contributed by atoms with E-state index in [1.54, 1.807) is 48.5 Å². The number of ether oxygens (including phenoxy) is 1. The van der Waals surface area contributed by atoms with Crippen LogP contribution in [0.2, 0.25) is 0 Å². The number of H-pyrrole nitrogens is 1. The number of morpholine rings is 1. The molecular formula is C20H19N5O6. The average molecular weight is 425 g/mol. The number of aromatic amines is 1. The van der Waals surface area contributed by atoms with E-state index in [0.717, 1.165) is 0 Å². The van der Waals surface area contributed by atoms with Gasteiger partial charge in [0.05, 0.1) is 6.61 Å². The molecule has 0 aliphatic carbocycles. The van der Waals surface area contributed by atoms with Gasteiger partial charge in [0.15, 0.2) is 18.0 Å². The Balaban J connectivity index is 1.43. The van der Waals surface area contributed by atoms with Crippen LogP contribution in [0.4, 0.5) is 17.1 Å². The molecule has 2 amide bonds. The normalized spacial score (nSPS) is 17.4. The van der Waals surface area contributed by atoms with E-state index >= 15 is 0 Å². The molecule has 11 heteroatoms. The van der Waals surface area contributed by atoms with Crippen molar-refractivity contribution >= 4 is 28.9 Å². The molecule has 2 heterocycles. The van der Waals surface area contributed by atoms with Crippen LogP contribution in [0, 0.1) is 0 Å². The minimum Gasteiger partial charge on any atom is -0.399 e. The summed E-state index contributed by atoms with van der Waals surface area (Å²) >= 11 is 0. The molecule has 0 unspecified atom stereocenters. The maximum Gasteiger partial charge on any atom is 0.439 e. The third-order valence-electron chi connectivity index (χ3n) is 4.75. The molecule has 3 aromatic rings. The second-order valence-electron chi connectivity index (χ2n) is 6.83. The van der Waals surface area contributed by atoms with E-state index in [9.17, 15) is 19.5 Å². The number of aromatic nitrogens is 2. The summed E-state index contributed by atoms with van der Waals surface area (Å²) in [5.41, 5.74) is 7.77. The van der Waals surface area contributed by atoms with Crippen LogP contribution in [0.5, 0.6) is 0 Å².